The number of fused-ring (bicyclic) bond motifs is 1. The van der Waals surface area contributed by atoms with Gasteiger partial charge in [-0.1, -0.05) is 7.92 Å². The second-order valence-electron chi connectivity index (χ2n) is 12.4. The van der Waals surface area contributed by atoms with Gasteiger partial charge in [0.05, 0.1) is 28.3 Å². The summed E-state index contributed by atoms with van der Waals surface area (Å²) in [6.45, 7) is 11.1. The molecule has 0 saturated carbocycles. The zero-order valence-corrected chi connectivity index (χ0v) is 29.5. The normalized spacial score (nSPS) is 17.9. The number of aryl methyl sites for hydroxylation is 1. The summed E-state index contributed by atoms with van der Waals surface area (Å²) < 4.78 is 6.65. The number of benzene rings is 2. The lowest BCUT2D eigenvalue weighted by molar-refractivity contribution is 0.189. The van der Waals surface area contributed by atoms with Gasteiger partial charge in [-0.2, -0.15) is 4.98 Å². The van der Waals surface area contributed by atoms with Gasteiger partial charge in [0, 0.05) is 79.6 Å². The number of anilines is 5. The van der Waals surface area contributed by atoms with E-state index < -0.39 is 7.92 Å². The number of nitrogens with one attached hydrogen (secondary N) is 2. The van der Waals surface area contributed by atoms with Gasteiger partial charge in [0.15, 0.2) is 0 Å². The van der Waals surface area contributed by atoms with Crippen LogP contribution in [0.15, 0.2) is 47.3 Å². The molecule has 45 heavy (non-hydrogen) atoms. The number of piperidine rings is 1. The lowest BCUT2D eigenvalue weighted by Gasteiger charge is -2.38. The summed E-state index contributed by atoms with van der Waals surface area (Å²) in [6, 6.07) is 9.69. The Bertz CT molecular complexity index is 1660. The van der Waals surface area contributed by atoms with Crippen LogP contribution >= 0.6 is 23.9 Å². The molecule has 2 aliphatic heterocycles. The monoisotopic (exact) mass is 691 g/mol. The highest BCUT2D eigenvalue weighted by Gasteiger charge is 2.32. The maximum Gasteiger partial charge on any atom is 0.229 e. The van der Waals surface area contributed by atoms with Gasteiger partial charge < -0.3 is 25.2 Å². The third-order valence-electron chi connectivity index (χ3n) is 9.07. The minimum atomic E-state index is -0.462. The van der Waals surface area contributed by atoms with Gasteiger partial charge in [-0.15, -0.1) is 0 Å². The van der Waals surface area contributed by atoms with Crippen LogP contribution in [0.1, 0.15) is 24.8 Å². The number of hydrogen-bond acceptors (Lipinski definition) is 10. The Morgan fingerprint density at radius 3 is 2.47 bits per heavy atom. The Morgan fingerprint density at radius 1 is 0.978 bits per heavy atom. The molecule has 1 atom stereocenters. The Balaban J connectivity index is 1.18. The van der Waals surface area contributed by atoms with Crippen molar-refractivity contribution in [2.45, 2.75) is 38.3 Å². The highest BCUT2D eigenvalue weighted by atomic mass is 79.9. The third kappa shape index (κ3) is 6.87. The average Bonchev–Trinajstić information content (AvgIpc) is 3.54. The lowest BCUT2D eigenvalue weighted by Crippen LogP contribution is -2.45. The van der Waals surface area contributed by atoms with Gasteiger partial charge in [-0.3, -0.25) is 14.9 Å². The number of nitrogens with zero attached hydrogens (tertiary/aromatic N) is 7. The molecule has 12 heteroatoms. The molecule has 1 unspecified atom stereocenters. The first-order valence-electron chi connectivity index (χ1n) is 15.5. The van der Waals surface area contributed by atoms with Gasteiger partial charge in [-0.25, -0.2) is 4.98 Å². The molecule has 4 heterocycles. The zero-order chi connectivity index (χ0) is 31.7. The fraction of sp³-hybridized carbons (Fsp3) is 0.455. The van der Waals surface area contributed by atoms with Crippen molar-refractivity contribution in [2.24, 2.45) is 0 Å². The van der Waals surface area contributed by atoms with Crippen molar-refractivity contribution >= 4 is 69.0 Å². The second-order valence-corrected chi connectivity index (χ2v) is 15.5. The predicted molar refractivity (Wildman–Crippen MR) is 191 cm³/mol. The van der Waals surface area contributed by atoms with Gasteiger partial charge in [0.2, 0.25) is 5.95 Å². The number of halogens is 1. The Labute approximate surface area is 275 Å². The molecule has 0 spiro atoms. The van der Waals surface area contributed by atoms with E-state index in [2.05, 4.69) is 109 Å². The molecule has 0 amide bonds. The molecular weight excluding hydrogens is 649 g/mol. The number of aromatic nitrogens is 4. The summed E-state index contributed by atoms with van der Waals surface area (Å²) in [5.41, 5.74) is 6.03. The fourth-order valence-electron chi connectivity index (χ4n) is 6.62. The van der Waals surface area contributed by atoms with Crippen LogP contribution in [-0.2, 0) is 0 Å². The highest BCUT2D eigenvalue weighted by molar-refractivity contribution is 9.10. The topological polar surface area (TPSA) is 94.6 Å². The molecule has 0 aliphatic carbocycles. The Morgan fingerprint density at radius 2 is 1.76 bits per heavy atom. The van der Waals surface area contributed by atoms with Crippen LogP contribution in [0.5, 0.6) is 5.75 Å². The molecule has 2 aliphatic rings. The third-order valence-corrected chi connectivity index (χ3v) is 11.0. The van der Waals surface area contributed by atoms with Crippen molar-refractivity contribution in [3.8, 4) is 5.75 Å². The summed E-state index contributed by atoms with van der Waals surface area (Å²) in [7, 11) is 5.66. The van der Waals surface area contributed by atoms with Gasteiger partial charge in [0.1, 0.15) is 11.6 Å². The number of ether oxygens (including phenoxy) is 1. The molecule has 2 saturated heterocycles. The van der Waals surface area contributed by atoms with E-state index in [4.69, 9.17) is 9.72 Å². The van der Waals surface area contributed by atoms with E-state index in [0.29, 0.717) is 23.8 Å². The van der Waals surface area contributed by atoms with E-state index >= 15 is 0 Å². The molecular formula is C33H43BrN9OP. The van der Waals surface area contributed by atoms with Crippen molar-refractivity contribution in [3.63, 3.8) is 0 Å². The first kappa shape index (κ1) is 31.9. The summed E-state index contributed by atoms with van der Waals surface area (Å²) in [6.07, 6.45) is 8.89. The van der Waals surface area contributed by atoms with Crippen LogP contribution < -0.4 is 25.6 Å². The van der Waals surface area contributed by atoms with Crippen molar-refractivity contribution < 1.29 is 4.74 Å². The molecule has 2 aromatic heterocycles. The Kier molecular flexibility index (Phi) is 9.71. The van der Waals surface area contributed by atoms with E-state index in [1.807, 2.05) is 6.07 Å². The zero-order valence-electron chi connectivity index (χ0n) is 27.0. The summed E-state index contributed by atoms with van der Waals surface area (Å²) >= 11 is 3.64. The van der Waals surface area contributed by atoms with Gasteiger partial charge in [-0.05, 0) is 93.3 Å². The molecule has 4 aromatic rings. The number of hydrogen-bond donors (Lipinski definition) is 2. The van der Waals surface area contributed by atoms with Crippen LogP contribution in [0.2, 0.25) is 0 Å². The molecule has 2 aromatic carbocycles. The van der Waals surface area contributed by atoms with Crippen LogP contribution in [0.4, 0.5) is 28.8 Å². The summed E-state index contributed by atoms with van der Waals surface area (Å²) in [5.74, 6) is 1.91. The molecule has 2 N–H and O–H groups in total. The molecule has 0 bridgehead atoms. The van der Waals surface area contributed by atoms with Crippen LogP contribution in [0.3, 0.4) is 0 Å². The molecule has 2 fully saturated rings. The highest BCUT2D eigenvalue weighted by Crippen LogP contribution is 2.38. The standard InChI is InChI=1S/C33H43BrN9OP/c1-21-17-27(29(44-4)18-28(21)42-14-9-22(10-15-42)43-16-11-23(20-43)41(2)3)39-33-37-19-24(34)32(40-33)38-26-8-7-25-30(31(26)45(5)6)36-13-12-35-25/h7-8,12-13,17-19,22-23H,9-11,14-16,20H2,1-6H3,(H2,37,38,39,40). The first-order chi connectivity index (χ1) is 21.7. The largest absolute Gasteiger partial charge is 0.494 e. The quantitative estimate of drug-likeness (QED) is 0.205. The van der Waals surface area contributed by atoms with Crippen molar-refractivity contribution in [2.75, 3.05) is 76.2 Å². The molecule has 10 nitrogen and oxygen atoms in total. The number of rotatable bonds is 9. The minimum Gasteiger partial charge on any atom is -0.494 e. The predicted octanol–water partition coefficient (Wildman–Crippen LogP) is 5.96. The maximum atomic E-state index is 5.88. The van der Waals surface area contributed by atoms with E-state index in [0.717, 1.165) is 51.0 Å². The molecule has 238 valence electrons. The van der Waals surface area contributed by atoms with Crippen LogP contribution in [0.25, 0.3) is 11.0 Å². The fourth-order valence-corrected chi connectivity index (χ4v) is 8.11. The maximum absolute atomic E-state index is 5.88. The van der Waals surface area contributed by atoms with Crippen molar-refractivity contribution in [1.29, 1.82) is 0 Å². The molecule has 0 radical (unpaired) electrons. The lowest BCUT2D eigenvalue weighted by atomic mass is 10.0. The number of methoxy groups -OCH3 is 1. The van der Waals surface area contributed by atoms with E-state index in [9.17, 15) is 0 Å². The Hall–Kier alpha value is -3.11. The SMILES string of the molecule is COc1cc(N2CCC(N3CCC(N(C)C)C3)CC2)c(C)cc1Nc1ncc(Br)c(Nc2ccc3nccnc3c2P(C)C)n1. The first-order valence-corrected chi connectivity index (χ1v) is 18.6. The van der Waals surface area contributed by atoms with Crippen LogP contribution in [0, 0.1) is 6.92 Å². The van der Waals surface area contributed by atoms with Gasteiger partial charge >= 0.3 is 0 Å². The van der Waals surface area contributed by atoms with Crippen molar-refractivity contribution in [1.82, 2.24) is 29.7 Å². The van der Waals surface area contributed by atoms with Crippen LogP contribution in [-0.4, -0.2) is 103 Å². The summed E-state index contributed by atoms with van der Waals surface area (Å²) in [5, 5.41) is 8.11. The van der Waals surface area contributed by atoms with E-state index in [-0.39, 0.29) is 0 Å². The minimum absolute atomic E-state index is 0.462. The average molecular weight is 693 g/mol. The van der Waals surface area contributed by atoms with E-state index in [1.165, 1.54) is 43.6 Å². The number of likely N-dealkylation sites (tertiary alicyclic amines) is 1. The number of likely N-dealkylation sites (N-methyl/N-ethyl adjacent to an activating group) is 1. The smallest absolute Gasteiger partial charge is 0.229 e. The van der Waals surface area contributed by atoms with E-state index in [1.54, 1.807) is 25.7 Å². The summed E-state index contributed by atoms with van der Waals surface area (Å²) in [4.78, 5) is 26.1. The van der Waals surface area contributed by atoms with Crippen molar-refractivity contribution in [3.05, 3.63) is 52.9 Å². The molecule has 6 rings (SSSR count). The van der Waals surface area contributed by atoms with Gasteiger partial charge in [0.25, 0.3) is 0 Å². The second kappa shape index (κ2) is 13.7.